The van der Waals surface area contributed by atoms with Gasteiger partial charge in [-0.05, 0) is 46.8 Å². The Morgan fingerprint density at radius 1 is 0.444 bits per heavy atom. The third kappa shape index (κ3) is 4.06. The summed E-state index contributed by atoms with van der Waals surface area (Å²) in [5.74, 6) is 2.87. The van der Waals surface area contributed by atoms with Crippen molar-refractivity contribution in [2.45, 2.75) is 0 Å². The van der Waals surface area contributed by atoms with Crippen molar-refractivity contribution in [3.63, 3.8) is 0 Å². The highest BCUT2D eigenvalue weighted by Crippen LogP contribution is 2.52. The third-order valence-corrected chi connectivity index (χ3v) is 9.73. The Kier molecular flexibility index (Phi) is 5.80. The van der Waals surface area contributed by atoms with Crippen molar-refractivity contribution in [1.29, 1.82) is 0 Å². The summed E-state index contributed by atoms with van der Waals surface area (Å²) in [6.07, 6.45) is 0. The molecule has 0 atom stereocenters. The zero-order chi connectivity index (χ0) is 30.0. The van der Waals surface area contributed by atoms with Crippen LogP contribution < -0.4 is 14.1 Å². The topological polar surface area (TPSA) is 41.5 Å². The van der Waals surface area contributed by atoms with Crippen molar-refractivity contribution in [2.75, 3.05) is 0 Å². The van der Waals surface area contributed by atoms with Gasteiger partial charge in [0, 0.05) is 62.0 Å². The number of ether oxygens (including phenoxy) is 2. The standard InChI is InChI=1S/C40H25NO3S/c42-41(27-11-3-1-4-12-27,28-13-5-2-6-14-28)29-20-22-32-31-21-19-26(23-38(31)45-39(32)24-29)34-25-37-40(33-16-8-7-15-30(33)34)44-36-18-10-9-17-35(36)43-37/h1-25H. The molecule has 0 fully saturated rings. The lowest BCUT2D eigenvalue weighted by Crippen LogP contribution is -2.31. The van der Waals surface area contributed by atoms with Gasteiger partial charge in [-0.1, -0.05) is 84.9 Å². The molecule has 1 aliphatic heterocycles. The molecule has 0 saturated heterocycles. The predicted octanol–water partition coefficient (Wildman–Crippen LogP) is 12.2. The van der Waals surface area contributed by atoms with Crippen LogP contribution in [0.4, 0.5) is 17.1 Å². The van der Waals surface area contributed by atoms with Gasteiger partial charge in [0.1, 0.15) is 17.1 Å². The number of nitrogens with zero attached hydrogens (tertiary/aromatic N) is 1. The second-order valence-corrected chi connectivity index (χ2v) is 12.3. The lowest BCUT2D eigenvalue weighted by Gasteiger charge is -2.41. The molecule has 2 heterocycles. The minimum Gasteiger partial charge on any atom is -0.616 e. The molecular weight excluding hydrogens is 575 g/mol. The zero-order valence-electron chi connectivity index (χ0n) is 24.0. The highest BCUT2D eigenvalue weighted by Gasteiger charge is 2.28. The second-order valence-electron chi connectivity index (χ2n) is 11.2. The van der Waals surface area contributed by atoms with E-state index in [4.69, 9.17) is 9.47 Å². The van der Waals surface area contributed by atoms with Crippen molar-refractivity contribution in [2.24, 2.45) is 0 Å². The third-order valence-electron chi connectivity index (χ3n) is 8.61. The molecule has 0 aliphatic carbocycles. The summed E-state index contributed by atoms with van der Waals surface area (Å²) >= 11 is 1.71. The van der Waals surface area contributed by atoms with E-state index < -0.39 is 4.65 Å². The molecule has 0 radical (unpaired) electrons. The van der Waals surface area contributed by atoms with Crippen LogP contribution in [-0.4, -0.2) is 0 Å². The van der Waals surface area contributed by atoms with E-state index in [2.05, 4.69) is 54.6 Å². The molecule has 45 heavy (non-hydrogen) atoms. The van der Waals surface area contributed by atoms with Gasteiger partial charge in [-0.2, -0.15) is 0 Å². The van der Waals surface area contributed by atoms with Gasteiger partial charge in [0.15, 0.2) is 23.0 Å². The van der Waals surface area contributed by atoms with E-state index in [0.29, 0.717) is 34.3 Å². The molecule has 0 bridgehead atoms. The fraction of sp³-hybridized carbons (Fsp3) is 0. The van der Waals surface area contributed by atoms with E-state index in [1.165, 1.54) is 5.39 Å². The normalized spacial score (nSPS) is 12.5. The maximum absolute atomic E-state index is 14.8. The maximum atomic E-state index is 14.8. The van der Waals surface area contributed by atoms with Gasteiger partial charge in [0.05, 0.1) is 0 Å². The average molecular weight is 600 g/mol. The van der Waals surface area contributed by atoms with Crippen molar-refractivity contribution in [3.8, 4) is 34.1 Å². The number of quaternary nitrogens is 1. The molecule has 0 unspecified atom stereocenters. The van der Waals surface area contributed by atoms with Gasteiger partial charge >= 0.3 is 0 Å². The van der Waals surface area contributed by atoms with Crippen molar-refractivity contribution in [1.82, 2.24) is 4.65 Å². The highest BCUT2D eigenvalue weighted by molar-refractivity contribution is 7.25. The average Bonchev–Trinajstić information content (AvgIpc) is 3.48. The van der Waals surface area contributed by atoms with Gasteiger partial charge in [-0.3, -0.25) is 4.65 Å². The van der Waals surface area contributed by atoms with Crippen LogP contribution in [0.3, 0.4) is 0 Å². The van der Waals surface area contributed by atoms with E-state index in [9.17, 15) is 5.21 Å². The number of thiophene rings is 1. The molecule has 214 valence electrons. The van der Waals surface area contributed by atoms with Crippen LogP contribution in [-0.2, 0) is 0 Å². The molecule has 5 heteroatoms. The van der Waals surface area contributed by atoms with Gasteiger partial charge in [-0.15, -0.1) is 11.3 Å². The van der Waals surface area contributed by atoms with Gasteiger partial charge < -0.3 is 14.7 Å². The first-order valence-corrected chi connectivity index (χ1v) is 15.7. The van der Waals surface area contributed by atoms with Crippen LogP contribution in [0.25, 0.3) is 42.1 Å². The number of benzene rings is 7. The number of para-hydroxylation sites is 4. The van der Waals surface area contributed by atoms with E-state index in [1.807, 2.05) is 97.1 Å². The van der Waals surface area contributed by atoms with Crippen LogP contribution in [0.2, 0.25) is 0 Å². The van der Waals surface area contributed by atoms with Gasteiger partial charge in [0.2, 0.25) is 0 Å². The Balaban J connectivity index is 1.19. The Bertz CT molecular complexity index is 2360. The Morgan fingerprint density at radius 3 is 1.73 bits per heavy atom. The molecular formula is C40H25NO3S. The summed E-state index contributed by atoms with van der Waals surface area (Å²) < 4.78 is 14.3. The van der Waals surface area contributed by atoms with Crippen LogP contribution in [0, 0.1) is 5.21 Å². The van der Waals surface area contributed by atoms with Crippen molar-refractivity contribution in [3.05, 3.63) is 157 Å². The molecule has 9 rings (SSSR count). The fourth-order valence-corrected chi connectivity index (χ4v) is 7.62. The molecule has 1 aliphatic rings. The number of rotatable bonds is 4. The minimum atomic E-state index is -0.663. The fourth-order valence-electron chi connectivity index (χ4n) is 6.44. The largest absolute Gasteiger partial charge is 0.616 e. The van der Waals surface area contributed by atoms with Crippen molar-refractivity contribution >= 4 is 59.3 Å². The Morgan fingerprint density at radius 2 is 1.02 bits per heavy atom. The molecule has 0 saturated carbocycles. The summed E-state index contributed by atoms with van der Waals surface area (Å²) in [7, 11) is 0. The quantitative estimate of drug-likeness (QED) is 0.149. The van der Waals surface area contributed by atoms with Gasteiger partial charge in [0.25, 0.3) is 0 Å². The number of hydrogen-bond acceptors (Lipinski definition) is 4. The van der Waals surface area contributed by atoms with Crippen LogP contribution in [0.15, 0.2) is 152 Å². The Hall–Kier alpha value is -5.46. The molecule has 8 aromatic rings. The highest BCUT2D eigenvalue weighted by atomic mass is 32.1. The molecule has 0 amide bonds. The number of hydrogen-bond donors (Lipinski definition) is 0. The zero-order valence-corrected chi connectivity index (χ0v) is 24.8. The van der Waals surface area contributed by atoms with Crippen LogP contribution in [0.5, 0.6) is 23.0 Å². The van der Waals surface area contributed by atoms with Crippen molar-refractivity contribution < 1.29 is 9.47 Å². The summed E-state index contributed by atoms with van der Waals surface area (Å²) in [5, 5.41) is 19.3. The van der Waals surface area contributed by atoms with Crippen LogP contribution >= 0.6 is 11.3 Å². The first-order valence-electron chi connectivity index (χ1n) is 14.9. The summed E-state index contributed by atoms with van der Waals surface area (Å²) in [4.78, 5) is 0. The molecule has 1 aromatic heterocycles. The lowest BCUT2D eigenvalue weighted by molar-refractivity contribution is 0.363. The first-order chi connectivity index (χ1) is 22.2. The summed E-state index contributed by atoms with van der Waals surface area (Å²) in [5.41, 5.74) is 4.18. The van der Waals surface area contributed by atoms with Gasteiger partial charge in [-0.25, -0.2) is 0 Å². The monoisotopic (exact) mass is 599 g/mol. The number of fused-ring (bicyclic) bond motifs is 7. The maximum Gasteiger partial charge on any atom is 0.177 e. The molecule has 0 spiro atoms. The van der Waals surface area contributed by atoms with E-state index in [0.717, 1.165) is 42.4 Å². The smallest absolute Gasteiger partial charge is 0.177 e. The van der Waals surface area contributed by atoms with Crippen LogP contribution in [0.1, 0.15) is 0 Å². The summed E-state index contributed by atoms with van der Waals surface area (Å²) in [6.45, 7) is 0. The SMILES string of the molecule is [O-][N+](c1ccccc1)(c1ccccc1)c1ccc2c(c1)sc1cc(-c3cc4c(c5ccccc35)Oc3ccccc3O4)ccc12. The minimum absolute atomic E-state index is 0.663. The lowest BCUT2D eigenvalue weighted by atomic mass is 9.96. The van der Waals surface area contributed by atoms with E-state index in [-0.39, 0.29) is 0 Å². The second kappa shape index (κ2) is 10.0. The summed E-state index contributed by atoms with van der Waals surface area (Å²) in [6, 6.07) is 50.1. The van der Waals surface area contributed by atoms with E-state index >= 15 is 0 Å². The van der Waals surface area contributed by atoms with E-state index in [1.54, 1.807) is 11.3 Å². The molecule has 7 aromatic carbocycles. The Labute approximate surface area is 263 Å². The predicted molar refractivity (Wildman–Crippen MR) is 186 cm³/mol. The first kappa shape index (κ1) is 26.0. The molecule has 4 nitrogen and oxygen atoms in total. The molecule has 0 N–H and O–H groups in total.